The molecular weight excluding hydrogens is 278 g/mol. The fourth-order valence-corrected chi connectivity index (χ4v) is 2.93. The third kappa shape index (κ3) is 3.00. The van der Waals surface area contributed by atoms with Gasteiger partial charge in [-0.25, -0.2) is 13.6 Å². The van der Waals surface area contributed by atoms with Crippen molar-refractivity contribution in [1.29, 1.82) is 0 Å². The van der Waals surface area contributed by atoms with Crippen molar-refractivity contribution in [2.45, 2.75) is 37.1 Å². The smallest absolute Gasteiger partial charge is 0.244 e. The Morgan fingerprint density at radius 3 is 2.50 bits per heavy atom. The van der Waals surface area contributed by atoms with Crippen molar-refractivity contribution in [1.82, 2.24) is 0 Å². The van der Waals surface area contributed by atoms with Gasteiger partial charge in [0.1, 0.15) is 0 Å². The second-order valence-corrected chi connectivity index (χ2v) is 7.07. The summed E-state index contributed by atoms with van der Waals surface area (Å²) < 4.78 is 22.9. The summed E-state index contributed by atoms with van der Waals surface area (Å²) in [6.45, 7) is 3.33. The standard InChI is InChI=1S/C13H19N3O3S/c1-8-3-6-10(7-11(8)20(15,18)19)16-12(17)13(2,14)9-4-5-9/h3,6-7,9H,4-5,14H2,1-2H3,(H,16,17)(H2,15,18,19). The summed E-state index contributed by atoms with van der Waals surface area (Å²) in [6, 6.07) is 4.58. The summed E-state index contributed by atoms with van der Waals surface area (Å²) in [4.78, 5) is 12.1. The lowest BCUT2D eigenvalue weighted by molar-refractivity contribution is -0.121. The lowest BCUT2D eigenvalue weighted by atomic mass is 9.96. The largest absolute Gasteiger partial charge is 0.324 e. The van der Waals surface area contributed by atoms with Gasteiger partial charge in [0.2, 0.25) is 15.9 Å². The van der Waals surface area contributed by atoms with Crippen LogP contribution in [0.3, 0.4) is 0 Å². The number of benzene rings is 1. The Kier molecular flexibility index (Phi) is 3.62. The van der Waals surface area contributed by atoms with Gasteiger partial charge in [-0.2, -0.15) is 0 Å². The van der Waals surface area contributed by atoms with E-state index in [1.165, 1.54) is 6.07 Å². The van der Waals surface area contributed by atoms with Crippen LogP contribution in [0.25, 0.3) is 0 Å². The van der Waals surface area contributed by atoms with E-state index in [9.17, 15) is 13.2 Å². The minimum absolute atomic E-state index is 0.000413. The summed E-state index contributed by atoms with van der Waals surface area (Å²) in [5.41, 5.74) is 5.98. The van der Waals surface area contributed by atoms with Gasteiger partial charge in [0.05, 0.1) is 10.4 Å². The number of aryl methyl sites for hydroxylation is 1. The third-order valence-corrected chi connectivity index (χ3v) is 4.72. The Balaban J connectivity index is 2.24. The summed E-state index contributed by atoms with van der Waals surface area (Å²) in [7, 11) is -3.81. The summed E-state index contributed by atoms with van der Waals surface area (Å²) in [6.07, 6.45) is 1.88. The van der Waals surface area contributed by atoms with Gasteiger partial charge in [0.25, 0.3) is 0 Å². The number of sulfonamides is 1. The molecule has 0 spiro atoms. The molecule has 1 saturated carbocycles. The zero-order valence-electron chi connectivity index (χ0n) is 11.5. The monoisotopic (exact) mass is 297 g/mol. The maximum atomic E-state index is 12.1. The SMILES string of the molecule is Cc1ccc(NC(=O)C(C)(N)C2CC2)cc1S(N)(=O)=O. The number of primary sulfonamides is 1. The van der Waals surface area contributed by atoms with Crippen LogP contribution in [0.5, 0.6) is 0 Å². The predicted octanol–water partition coefficient (Wildman–Crippen LogP) is 0.708. The number of anilines is 1. The molecule has 7 heteroatoms. The molecule has 0 heterocycles. The van der Waals surface area contributed by atoms with Gasteiger partial charge in [-0.15, -0.1) is 0 Å². The zero-order chi connectivity index (χ0) is 15.1. The van der Waals surface area contributed by atoms with Crippen molar-refractivity contribution in [3.8, 4) is 0 Å². The Morgan fingerprint density at radius 2 is 2.00 bits per heavy atom. The number of carbonyl (C=O) groups is 1. The Morgan fingerprint density at radius 1 is 1.40 bits per heavy atom. The van der Waals surface area contributed by atoms with Crippen LogP contribution in [-0.2, 0) is 14.8 Å². The highest BCUT2D eigenvalue weighted by atomic mass is 32.2. The van der Waals surface area contributed by atoms with Crippen molar-refractivity contribution in [2.75, 3.05) is 5.32 Å². The minimum atomic E-state index is -3.81. The highest BCUT2D eigenvalue weighted by molar-refractivity contribution is 7.89. The first-order valence-electron chi connectivity index (χ1n) is 6.36. The number of amides is 1. The molecule has 0 aliphatic heterocycles. The second-order valence-electron chi connectivity index (χ2n) is 5.54. The van der Waals surface area contributed by atoms with E-state index in [0.717, 1.165) is 12.8 Å². The highest BCUT2D eigenvalue weighted by Crippen LogP contribution is 2.38. The fraction of sp³-hybridized carbons (Fsp3) is 0.462. The van der Waals surface area contributed by atoms with Crippen molar-refractivity contribution in [3.05, 3.63) is 23.8 Å². The number of hydrogen-bond donors (Lipinski definition) is 3. The molecule has 6 nitrogen and oxygen atoms in total. The van der Waals surface area contributed by atoms with Gasteiger partial charge in [-0.05, 0) is 50.3 Å². The van der Waals surface area contributed by atoms with Crippen LogP contribution >= 0.6 is 0 Å². The molecule has 20 heavy (non-hydrogen) atoms. The van der Waals surface area contributed by atoms with E-state index in [-0.39, 0.29) is 16.7 Å². The molecule has 5 N–H and O–H groups in total. The molecular formula is C13H19N3O3S. The number of nitrogens with two attached hydrogens (primary N) is 2. The predicted molar refractivity (Wildman–Crippen MR) is 76.5 cm³/mol. The molecule has 2 rings (SSSR count). The van der Waals surface area contributed by atoms with Gasteiger partial charge in [0, 0.05) is 5.69 Å². The molecule has 0 saturated heterocycles. The number of rotatable bonds is 4. The van der Waals surface area contributed by atoms with Crippen LogP contribution in [0.15, 0.2) is 23.1 Å². The van der Waals surface area contributed by atoms with E-state index in [2.05, 4.69) is 5.32 Å². The topological polar surface area (TPSA) is 115 Å². The van der Waals surface area contributed by atoms with Gasteiger partial charge in [-0.3, -0.25) is 4.79 Å². The first-order chi connectivity index (χ1) is 9.12. The Bertz CT molecular complexity index is 649. The van der Waals surface area contributed by atoms with Gasteiger partial charge in [0.15, 0.2) is 0 Å². The van der Waals surface area contributed by atoms with E-state index in [0.29, 0.717) is 11.3 Å². The van der Waals surface area contributed by atoms with Crippen LogP contribution in [0.2, 0.25) is 0 Å². The normalized spacial score (nSPS) is 18.4. The molecule has 1 aliphatic carbocycles. The molecule has 0 aromatic heterocycles. The molecule has 1 fully saturated rings. The van der Waals surface area contributed by atoms with E-state index in [1.807, 2.05) is 0 Å². The van der Waals surface area contributed by atoms with Crippen molar-refractivity contribution in [2.24, 2.45) is 16.8 Å². The lowest BCUT2D eigenvalue weighted by Gasteiger charge is -2.23. The summed E-state index contributed by atoms with van der Waals surface area (Å²) in [5, 5.41) is 7.80. The van der Waals surface area contributed by atoms with Crippen LogP contribution in [0.1, 0.15) is 25.3 Å². The zero-order valence-corrected chi connectivity index (χ0v) is 12.3. The molecule has 1 unspecified atom stereocenters. The molecule has 1 aromatic carbocycles. The van der Waals surface area contributed by atoms with Crippen molar-refractivity contribution < 1.29 is 13.2 Å². The van der Waals surface area contributed by atoms with Gasteiger partial charge < -0.3 is 11.1 Å². The average Bonchev–Trinajstić information content (AvgIpc) is 3.14. The Hall–Kier alpha value is -1.44. The molecule has 110 valence electrons. The van der Waals surface area contributed by atoms with Crippen molar-refractivity contribution >= 4 is 21.6 Å². The van der Waals surface area contributed by atoms with Crippen LogP contribution < -0.4 is 16.2 Å². The maximum Gasteiger partial charge on any atom is 0.244 e. The maximum absolute atomic E-state index is 12.1. The van der Waals surface area contributed by atoms with E-state index in [1.54, 1.807) is 26.0 Å². The summed E-state index contributed by atoms with van der Waals surface area (Å²) in [5.74, 6) is -0.130. The second kappa shape index (κ2) is 4.83. The molecule has 1 aliphatic rings. The Labute approximate surface area is 118 Å². The first kappa shape index (κ1) is 15.0. The van der Waals surface area contributed by atoms with E-state index in [4.69, 9.17) is 10.9 Å². The quantitative estimate of drug-likeness (QED) is 0.759. The van der Waals surface area contributed by atoms with Gasteiger partial charge >= 0.3 is 0 Å². The fourth-order valence-electron chi connectivity index (χ4n) is 2.12. The molecule has 0 radical (unpaired) electrons. The van der Waals surface area contributed by atoms with Crippen LogP contribution in [0.4, 0.5) is 5.69 Å². The van der Waals surface area contributed by atoms with Crippen LogP contribution in [-0.4, -0.2) is 19.9 Å². The molecule has 1 aromatic rings. The highest BCUT2D eigenvalue weighted by Gasteiger charge is 2.44. The molecule has 1 amide bonds. The lowest BCUT2D eigenvalue weighted by Crippen LogP contribution is -2.50. The minimum Gasteiger partial charge on any atom is -0.324 e. The number of carbonyl (C=O) groups excluding carboxylic acids is 1. The number of nitrogens with one attached hydrogen (secondary N) is 1. The third-order valence-electron chi connectivity index (χ3n) is 3.67. The first-order valence-corrected chi connectivity index (χ1v) is 7.91. The average molecular weight is 297 g/mol. The van der Waals surface area contributed by atoms with Crippen LogP contribution in [0, 0.1) is 12.8 Å². The molecule has 0 bridgehead atoms. The van der Waals surface area contributed by atoms with E-state index < -0.39 is 15.6 Å². The van der Waals surface area contributed by atoms with Crippen molar-refractivity contribution in [3.63, 3.8) is 0 Å². The van der Waals surface area contributed by atoms with E-state index >= 15 is 0 Å². The van der Waals surface area contributed by atoms with Gasteiger partial charge in [-0.1, -0.05) is 6.07 Å². The number of hydrogen-bond acceptors (Lipinski definition) is 4. The molecule has 1 atom stereocenters. The summed E-state index contributed by atoms with van der Waals surface area (Å²) >= 11 is 0.